The molecule has 2 aromatic rings. The van der Waals surface area contributed by atoms with E-state index in [1.807, 2.05) is 6.07 Å². The summed E-state index contributed by atoms with van der Waals surface area (Å²) in [6, 6.07) is 19.1. The third kappa shape index (κ3) is 1.40. The summed E-state index contributed by atoms with van der Waals surface area (Å²) in [4.78, 5) is 4.80. The number of aromatic nitrogens is 2. The van der Waals surface area contributed by atoms with E-state index in [-0.39, 0.29) is 0 Å². The maximum absolute atomic E-state index is 4.80. The van der Waals surface area contributed by atoms with Gasteiger partial charge in [0.05, 0.1) is 5.52 Å². The molecule has 0 amide bonds. The second-order valence-electron chi connectivity index (χ2n) is 4.81. The predicted molar refractivity (Wildman–Crippen MR) is 79.5 cm³/mol. The zero-order chi connectivity index (χ0) is 12.8. The van der Waals surface area contributed by atoms with E-state index < -0.39 is 0 Å². The van der Waals surface area contributed by atoms with Gasteiger partial charge in [0, 0.05) is 23.0 Å². The highest BCUT2D eigenvalue weighted by Crippen LogP contribution is 2.34. The standard InChI is InChI=1S/C17H14N2/c1-2-19-16-10-6-3-7-12(16)11-14-13-8-4-5-9-15(13)18-17(14)19/h3-11H,2H2,1H3. The van der Waals surface area contributed by atoms with Crippen molar-refractivity contribution in [2.75, 3.05) is 0 Å². The van der Waals surface area contributed by atoms with Crippen molar-refractivity contribution >= 4 is 21.8 Å². The maximum Gasteiger partial charge on any atom is 0.141 e. The number of pyridine rings is 1. The monoisotopic (exact) mass is 246 g/mol. The van der Waals surface area contributed by atoms with Gasteiger partial charge < -0.3 is 4.57 Å². The van der Waals surface area contributed by atoms with Gasteiger partial charge in [-0.3, -0.25) is 0 Å². The first-order valence-electron chi connectivity index (χ1n) is 6.65. The maximum atomic E-state index is 4.80. The van der Waals surface area contributed by atoms with Gasteiger partial charge in [-0.25, -0.2) is 4.98 Å². The Morgan fingerprint density at radius 2 is 1.79 bits per heavy atom. The van der Waals surface area contributed by atoms with Gasteiger partial charge in [0.2, 0.25) is 0 Å². The minimum absolute atomic E-state index is 0.932. The van der Waals surface area contributed by atoms with Crippen LogP contribution in [-0.4, -0.2) is 9.55 Å². The van der Waals surface area contributed by atoms with Crippen molar-refractivity contribution in [1.29, 1.82) is 0 Å². The summed E-state index contributed by atoms with van der Waals surface area (Å²) in [5.41, 5.74) is 3.58. The number of fused-ring (bicyclic) bond motifs is 4. The molecule has 2 heteroatoms. The fourth-order valence-electron chi connectivity index (χ4n) is 2.89. The lowest BCUT2D eigenvalue weighted by atomic mass is 10.1. The quantitative estimate of drug-likeness (QED) is 0.489. The first-order valence-corrected chi connectivity index (χ1v) is 6.65. The van der Waals surface area contributed by atoms with Crippen molar-refractivity contribution in [3.05, 3.63) is 54.6 Å². The molecule has 2 aliphatic heterocycles. The Morgan fingerprint density at radius 1 is 1.00 bits per heavy atom. The molecule has 0 N–H and O–H groups in total. The van der Waals surface area contributed by atoms with Crippen molar-refractivity contribution in [2.24, 2.45) is 0 Å². The fourth-order valence-corrected chi connectivity index (χ4v) is 2.89. The SMILES string of the molecule is CCn1c2nc3ccccc3c-2cc2ccccc21. The Hall–Kier alpha value is -2.35. The average Bonchev–Trinajstić information content (AvgIpc) is 2.83. The van der Waals surface area contributed by atoms with Crippen LogP contribution in [0.2, 0.25) is 0 Å². The fraction of sp³-hybridized carbons (Fsp3) is 0.118. The van der Waals surface area contributed by atoms with Gasteiger partial charge in [0.25, 0.3) is 0 Å². The second-order valence-corrected chi connectivity index (χ2v) is 4.81. The van der Waals surface area contributed by atoms with Crippen molar-refractivity contribution in [3.8, 4) is 11.4 Å². The van der Waals surface area contributed by atoms with Gasteiger partial charge in [0.1, 0.15) is 5.82 Å². The van der Waals surface area contributed by atoms with E-state index in [2.05, 4.69) is 60.0 Å². The third-order valence-electron chi connectivity index (χ3n) is 3.76. The van der Waals surface area contributed by atoms with E-state index in [4.69, 9.17) is 4.98 Å². The van der Waals surface area contributed by atoms with Crippen molar-refractivity contribution in [2.45, 2.75) is 13.5 Å². The van der Waals surface area contributed by atoms with Crippen LogP contribution in [-0.2, 0) is 6.54 Å². The predicted octanol–water partition coefficient (Wildman–Crippen LogP) is 4.31. The molecule has 0 fully saturated rings. The molecule has 0 spiro atoms. The summed E-state index contributed by atoms with van der Waals surface area (Å²) >= 11 is 0. The van der Waals surface area contributed by atoms with Crippen LogP contribution in [0, 0.1) is 0 Å². The Kier molecular flexibility index (Phi) is 2.12. The van der Waals surface area contributed by atoms with E-state index in [0.717, 1.165) is 17.9 Å². The summed E-state index contributed by atoms with van der Waals surface area (Å²) in [5.74, 6) is 1.09. The third-order valence-corrected chi connectivity index (χ3v) is 3.76. The Morgan fingerprint density at radius 3 is 2.68 bits per heavy atom. The first kappa shape index (κ1) is 10.6. The van der Waals surface area contributed by atoms with E-state index in [0.29, 0.717) is 0 Å². The van der Waals surface area contributed by atoms with Crippen molar-refractivity contribution in [3.63, 3.8) is 0 Å². The molecule has 0 aromatic heterocycles. The molecule has 0 bridgehead atoms. The van der Waals surface area contributed by atoms with Crippen LogP contribution in [0.25, 0.3) is 33.2 Å². The molecule has 19 heavy (non-hydrogen) atoms. The molecule has 2 aliphatic rings. The number of benzene rings is 2. The van der Waals surface area contributed by atoms with Gasteiger partial charge in [-0.15, -0.1) is 0 Å². The summed E-state index contributed by atoms with van der Waals surface area (Å²) in [6.45, 7) is 3.10. The van der Waals surface area contributed by atoms with Gasteiger partial charge in [-0.1, -0.05) is 36.4 Å². The van der Waals surface area contributed by atoms with Gasteiger partial charge in [-0.05, 0) is 30.5 Å². The zero-order valence-corrected chi connectivity index (χ0v) is 10.8. The van der Waals surface area contributed by atoms with Crippen LogP contribution in [0.5, 0.6) is 0 Å². The lowest BCUT2D eigenvalue weighted by Crippen LogP contribution is -2.03. The van der Waals surface area contributed by atoms with Gasteiger partial charge >= 0.3 is 0 Å². The highest BCUT2D eigenvalue weighted by atomic mass is 15.0. The molecule has 0 saturated carbocycles. The van der Waals surface area contributed by atoms with E-state index in [1.54, 1.807) is 0 Å². The number of aryl methyl sites for hydroxylation is 1. The van der Waals surface area contributed by atoms with E-state index in [9.17, 15) is 0 Å². The molecular formula is C17H14N2. The number of rotatable bonds is 1. The Bertz CT molecular complexity index is 858. The first-order chi connectivity index (χ1) is 9.38. The van der Waals surface area contributed by atoms with Crippen LogP contribution >= 0.6 is 0 Å². The molecule has 2 nitrogen and oxygen atoms in total. The summed E-state index contributed by atoms with van der Waals surface area (Å²) in [6.07, 6.45) is 0. The minimum Gasteiger partial charge on any atom is -0.326 e. The minimum atomic E-state index is 0.932. The largest absolute Gasteiger partial charge is 0.326 e. The smallest absolute Gasteiger partial charge is 0.141 e. The highest BCUT2D eigenvalue weighted by molar-refractivity contribution is 6.00. The van der Waals surface area contributed by atoms with Crippen LogP contribution in [0.15, 0.2) is 54.6 Å². The van der Waals surface area contributed by atoms with Crippen LogP contribution in [0.4, 0.5) is 0 Å². The van der Waals surface area contributed by atoms with E-state index in [1.165, 1.54) is 21.9 Å². The molecule has 0 atom stereocenters. The summed E-state index contributed by atoms with van der Waals surface area (Å²) in [7, 11) is 0. The summed E-state index contributed by atoms with van der Waals surface area (Å²) in [5, 5.41) is 2.51. The Labute approximate surface area is 111 Å². The molecule has 2 aromatic carbocycles. The topological polar surface area (TPSA) is 17.8 Å². The van der Waals surface area contributed by atoms with Crippen LogP contribution in [0.1, 0.15) is 6.92 Å². The van der Waals surface area contributed by atoms with Gasteiger partial charge in [0.15, 0.2) is 0 Å². The van der Waals surface area contributed by atoms with Crippen LogP contribution in [0.3, 0.4) is 0 Å². The summed E-state index contributed by atoms with van der Waals surface area (Å²) < 4.78 is 2.30. The molecule has 0 radical (unpaired) electrons. The van der Waals surface area contributed by atoms with E-state index >= 15 is 0 Å². The average molecular weight is 246 g/mol. The number of para-hydroxylation sites is 2. The molecule has 0 aliphatic carbocycles. The van der Waals surface area contributed by atoms with Crippen molar-refractivity contribution in [1.82, 2.24) is 9.55 Å². The molecular weight excluding hydrogens is 232 g/mol. The Balaban J connectivity index is 2.27. The molecule has 92 valence electrons. The number of hydrogen-bond donors (Lipinski definition) is 0. The molecule has 4 rings (SSSR count). The molecule has 2 heterocycles. The molecule has 0 saturated heterocycles. The molecule has 0 unspecified atom stereocenters. The van der Waals surface area contributed by atoms with Crippen molar-refractivity contribution < 1.29 is 0 Å². The zero-order valence-electron chi connectivity index (χ0n) is 10.8. The van der Waals surface area contributed by atoms with Gasteiger partial charge in [-0.2, -0.15) is 0 Å². The highest BCUT2D eigenvalue weighted by Gasteiger charge is 2.16. The second kappa shape index (κ2) is 3.82. The lowest BCUT2D eigenvalue weighted by Gasteiger charge is -2.13. The van der Waals surface area contributed by atoms with Crippen LogP contribution < -0.4 is 0 Å². The number of nitrogens with zero attached hydrogens (tertiary/aromatic N) is 2. The number of hydrogen-bond acceptors (Lipinski definition) is 1. The normalized spacial score (nSPS) is 11.6. The lowest BCUT2D eigenvalue weighted by molar-refractivity contribution is 0.785.